The van der Waals surface area contributed by atoms with Crippen LogP contribution in [0.4, 0.5) is 5.69 Å². The normalized spacial score (nSPS) is 10.5. The van der Waals surface area contributed by atoms with Crippen LogP contribution in [-0.4, -0.2) is 27.3 Å². The van der Waals surface area contributed by atoms with Gasteiger partial charge in [-0.3, -0.25) is 4.79 Å². The number of benzene rings is 1. The lowest BCUT2D eigenvalue weighted by atomic mass is 10.2. The van der Waals surface area contributed by atoms with Crippen molar-refractivity contribution in [2.24, 2.45) is 7.05 Å². The molecule has 23 heavy (non-hydrogen) atoms. The SMILES string of the molecule is [C-]#[N+]c1c(OC)c2n(C)c(-c3ccccc3)nn2c1OC(C)=O. The highest BCUT2D eigenvalue weighted by Crippen LogP contribution is 2.44. The molecule has 1 aromatic carbocycles. The Morgan fingerprint density at radius 2 is 2.00 bits per heavy atom. The predicted molar refractivity (Wildman–Crippen MR) is 83.7 cm³/mol. The summed E-state index contributed by atoms with van der Waals surface area (Å²) in [6, 6.07) is 9.59. The van der Waals surface area contributed by atoms with Crippen LogP contribution in [0.15, 0.2) is 30.3 Å². The maximum atomic E-state index is 11.4. The Labute approximate surface area is 132 Å². The second-order valence-corrected chi connectivity index (χ2v) is 4.88. The smallest absolute Gasteiger partial charge is 0.308 e. The van der Waals surface area contributed by atoms with Crippen LogP contribution in [0, 0.1) is 6.57 Å². The van der Waals surface area contributed by atoms with Crippen LogP contribution in [0.3, 0.4) is 0 Å². The molecular formula is C16H14N4O3. The maximum Gasteiger partial charge on any atom is 0.308 e. The van der Waals surface area contributed by atoms with Gasteiger partial charge in [-0.15, -0.1) is 5.10 Å². The molecule has 0 saturated heterocycles. The molecule has 0 saturated carbocycles. The fourth-order valence-electron chi connectivity index (χ4n) is 2.50. The van der Waals surface area contributed by atoms with Crippen LogP contribution in [0.1, 0.15) is 6.92 Å². The van der Waals surface area contributed by atoms with Gasteiger partial charge in [0.2, 0.25) is 5.88 Å². The molecule has 0 bridgehead atoms. The number of aryl methyl sites for hydroxylation is 1. The summed E-state index contributed by atoms with van der Waals surface area (Å²) in [6.45, 7) is 8.61. The minimum atomic E-state index is -0.524. The van der Waals surface area contributed by atoms with Crippen molar-refractivity contribution in [2.45, 2.75) is 6.92 Å². The average Bonchev–Trinajstić information content (AvgIpc) is 3.03. The number of rotatable bonds is 3. The summed E-state index contributed by atoms with van der Waals surface area (Å²) in [5, 5.41) is 4.49. The van der Waals surface area contributed by atoms with Crippen LogP contribution < -0.4 is 9.47 Å². The summed E-state index contributed by atoms with van der Waals surface area (Å²) in [6.07, 6.45) is 0. The zero-order chi connectivity index (χ0) is 16.6. The maximum absolute atomic E-state index is 11.4. The molecule has 2 aromatic heterocycles. The molecule has 0 atom stereocenters. The first-order valence-corrected chi connectivity index (χ1v) is 6.85. The van der Waals surface area contributed by atoms with Crippen molar-refractivity contribution in [1.29, 1.82) is 0 Å². The quantitative estimate of drug-likeness (QED) is 0.551. The number of aromatic nitrogens is 3. The number of esters is 1. The molecule has 116 valence electrons. The number of hydrogen-bond donors (Lipinski definition) is 0. The Bertz CT molecular complexity index is 932. The third-order valence-electron chi connectivity index (χ3n) is 3.43. The minimum Gasteiger partial charge on any atom is -0.504 e. The first-order chi connectivity index (χ1) is 11.1. The number of ether oxygens (including phenoxy) is 2. The van der Waals surface area contributed by atoms with Gasteiger partial charge < -0.3 is 14.0 Å². The van der Waals surface area contributed by atoms with E-state index in [0.29, 0.717) is 17.2 Å². The van der Waals surface area contributed by atoms with Gasteiger partial charge in [-0.25, -0.2) is 4.85 Å². The summed E-state index contributed by atoms with van der Waals surface area (Å²) in [5.74, 6) is 0.540. The van der Waals surface area contributed by atoms with Gasteiger partial charge in [0.15, 0.2) is 17.2 Å². The topological polar surface area (TPSA) is 62.1 Å². The summed E-state index contributed by atoms with van der Waals surface area (Å²) in [5.41, 5.74) is 1.58. The van der Waals surface area contributed by atoms with Gasteiger partial charge in [0.05, 0.1) is 13.7 Å². The largest absolute Gasteiger partial charge is 0.504 e. The molecule has 0 aliphatic rings. The molecule has 2 heterocycles. The van der Waals surface area contributed by atoms with Crippen LogP contribution in [0.25, 0.3) is 21.9 Å². The number of hydrogen-bond acceptors (Lipinski definition) is 4. The van der Waals surface area contributed by atoms with Gasteiger partial charge in [-0.1, -0.05) is 30.3 Å². The number of fused-ring (bicyclic) bond motifs is 1. The standard InChI is InChI=1S/C16H14N4O3/c1-10(21)23-16-12(17-2)13(22-4)15-19(3)14(18-20(15)16)11-8-6-5-7-9-11/h5-9H,1,3-4H3. The molecule has 0 spiro atoms. The summed E-state index contributed by atoms with van der Waals surface area (Å²) < 4.78 is 13.8. The second kappa shape index (κ2) is 5.50. The van der Waals surface area contributed by atoms with Gasteiger partial charge in [0, 0.05) is 19.5 Å². The third kappa shape index (κ3) is 2.21. The number of carbonyl (C=O) groups is 1. The summed E-state index contributed by atoms with van der Waals surface area (Å²) in [7, 11) is 3.29. The molecule has 0 fully saturated rings. The molecule has 0 radical (unpaired) electrons. The van der Waals surface area contributed by atoms with E-state index in [2.05, 4.69) is 9.94 Å². The zero-order valence-electron chi connectivity index (χ0n) is 12.9. The van der Waals surface area contributed by atoms with Crippen LogP contribution in [-0.2, 0) is 11.8 Å². The van der Waals surface area contributed by atoms with Gasteiger partial charge >= 0.3 is 5.97 Å². The van der Waals surface area contributed by atoms with E-state index in [1.165, 1.54) is 18.5 Å². The Morgan fingerprint density at radius 3 is 2.57 bits per heavy atom. The van der Waals surface area contributed by atoms with Crippen molar-refractivity contribution in [3.8, 4) is 23.0 Å². The molecule has 0 N–H and O–H groups in total. The van der Waals surface area contributed by atoms with Crippen molar-refractivity contribution in [1.82, 2.24) is 14.2 Å². The van der Waals surface area contributed by atoms with Crippen molar-refractivity contribution >= 4 is 17.3 Å². The van der Waals surface area contributed by atoms with E-state index in [0.717, 1.165) is 5.56 Å². The molecule has 0 amide bonds. The monoisotopic (exact) mass is 310 g/mol. The van der Waals surface area contributed by atoms with E-state index in [1.54, 1.807) is 4.57 Å². The van der Waals surface area contributed by atoms with Gasteiger partial charge in [-0.05, 0) is 0 Å². The van der Waals surface area contributed by atoms with Gasteiger partial charge in [0.25, 0.3) is 5.69 Å². The molecule has 7 heteroatoms. The van der Waals surface area contributed by atoms with Crippen LogP contribution in [0.5, 0.6) is 11.6 Å². The fraction of sp³-hybridized carbons (Fsp3) is 0.188. The van der Waals surface area contributed by atoms with Crippen molar-refractivity contribution < 1.29 is 14.3 Å². The summed E-state index contributed by atoms with van der Waals surface area (Å²) in [4.78, 5) is 14.8. The highest BCUT2D eigenvalue weighted by molar-refractivity contribution is 5.83. The fourth-order valence-corrected chi connectivity index (χ4v) is 2.50. The Balaban J connectivity index is 2.34. The zero-order valence-corrected chi connectivity index (χ0v) is 12.9. The molecule has 3 aromatic rings. The van der Waals surface area contributed by atoms with Crippen LogP contribution in [0.2, 0.25) is 0 Å². The van der Waals surface area contributed by atoms with E-state index in [9.17, 15) is 4.79 Å². The van der Waals surface area contributed by atoms with E-state index in [-0.39, 0.29) is 11.6 Å². The first kappa shape index (κ1) is 14.7. The Morgan fingerprint density at radius 1 is 1.30 bits per heavy atom. The molecular weight excluding hydrogens is 296 g/mol. The van der Waals surface area contributed by atoms with E-state index >= 15 is 0 Å². The van der Waals surface area contributed by atoms with E-state index in [4.69, 9.17) is 16.0 Å². The second-order valence-electron chi connectivity index (χ2n) is 4.88. The molecule has 0 aliphatic heterocycles. The molecule has 7 nitrogen and oxygen atoms in total. The summed E-state index contributed by atoms with van der Waals surface area (Å²) >= 11 is 0. The van der Waals surface area contributed by atoms with Gasteiger partial charge in [-0.2, -0.15) is 4.52 Å². The van der Waals surface area contributed by atoms with E-state index < -0.39 is 5.97 Å². The number of nitrogens with zero attached hydrogens (tertiary/aromatic N) is 4. The average molecular weight is 310 g/mol. The minimum absolute atomic E-state index is 0.0668. The van der Waals surface area contributed by atoms with Crippen molar-refractivity contribution in [2.75, 3.05) is 7.11 Å². The molecule has 3 rings (SSSR count). The lowest BCUT2D eigenvalue weighted by Crippen LogP contribution is -2.04. The van der Waals surface area contributed by atoms with Crippen molar-refractivity contribution in [3.05, 3.63) is 41.7 Å². The van der Waals surface area contributed by atoms with E-state index in [1.807, 2.05) is 37.4 Å². The van der Waals surface area contributed by atoms with Crippen LogP contribution >= 0.6 is 0 Å². The highest BCUT2D eigenvalue weighted by Gasteiger charge is 2.27. The predicted octanol–water partition coefficient (Wildman–Crippen LogP) is 2.82. The lowest BCUT2D eigenvalue weighted by molar-refractivity contribution is -0.132. The third-order valence-corrected chi connectivity index (χ3v) is 3.43. The van der Waals surface area contributed by atoms with Gasteiger partial charge in [0.1, 0.15) is 0 Å². The molecule has 0 unspecified atom stereocenters. The first-order valence-electron chi connectivity index (χ1n) is 6.85. The lowest BCUT2D eigenvalue weighted by Gasteiger charge is -2.03. The Hall–Kier alpha value is -3.27. The Kier molecular flexibility index (Phi) is 3.50. The highest BCUT2D eigenvalue weighted by atomic mass is 16.5. The molecule has 0 aliphatic carbocycles. The number of methoxy groups -OCH3 is 1. The number of carbonyl (C=O) groups excluding carboxylic acids is 1. The van der Waals surface area contributed by atoms with Crippen molar-refractivity contribution in [3.63, 3.8) is 0 Å².